The van der Waals surface area contributed by atoms with Crippen molar-refractivity contribution >= 4 is 11.9 Å². The fourth-order valence-corrected chi connectivity index (χ4v) is 1.39. The molecule has 7 heteroatoms. The second-order valence-electron chi connectivity index (χ2n) is 5.75. The van der Waals surface area contributed by atoms with E-state index in [1.165, 1.54) is 6.20 Å². The molecule has 1 rings (SSSR count). The molecule has 1 aromatic rings. The number of rotatable bonds is 5. The van der Waals surface area contributed by atoms with Gasteiger partial charge in [-0.1, -0.05) is 6.92 Å². The molecule has 0 saturated heterocycles. The van der Waals surface area contributed by atoms with Gasteiger partial charge in [0.2, 0.25) is 0 Å². The van der Waals surface area contributed by atoms with Crippen molar-refractivity contribution in [3.05, 3.63) is 24.0 Å². The number of nitrogens with one attached hydrogen (secondary N) is 2. The largest absolute Gasteiger partial charge is 0.489 e. The Kier molecular flexibility index (Phi) is 6.30. The molecule has 1 amide bonds. The first kappa shape index (κ1) is 17.9. The average Bonchev–Trinajstić information content (AvgIpc) is 2.43. The molecule has 0 aromatic carbocycles. The number of carbonyl (C=O) groups is 1. The van der Waals surface area contributed by atoms with Crippen molar-refractivity contribution in [1.29, 1.82) is 5.41 Å². The van der Waals surface area contributed by atoms with E-state index in [0.717, 1.165) is 0 Å². The summed E-state index contributed by atoms with van der Waals surface area (Å²) in [5, 5.41) is 19.5. The lowest BCUT2D eigenvalue weighted by Gasteiger charge is -2.19. The number of carbonyl (C=O) groups excluding carboxylic acids is 1. The van der Waals surface area contributed by atoms with Crippen molar-refractivity contribution < 1.29 is 19.4 Å². The van der Waals surface area contributed by atoms with E-state index in [1.807, 2.05) is 6.92 Å². The maximum atomic E-state index is 11.6. The van der Waals surface area contributed by atoms with Crippen LogP contribution in [0, 0.1) is 5.41 Å². The van der Waals surface area contributed by atoms with Crippen LogP contribution >= 0.6 is 0 Å². The van der Waals surface area contributed by atoms with Crippen molar-refractivity contribution in [2.75, 3.05) is 6.61 Å². The molecular weight excluding hydrogens is 286 g/mol. The maximum Gasteiger partial charge on any atom is 0.413 e. The molecule has 1 unspecified atom stereocenters. The second-order valence-corrected chi connectivity index (χ2v) is 5.75. The standard InChI is InChI=1S/C15H23N3O4/c1-5-10(19)9-21-11-6-7-12(17-8-11)13(16)18-14(20)22-15(2,3)4/h6-8,10,19H,5,9H2,1-4H3,(H2,16,18,20). The summed E-state index contributed by atoms with van der Waals surface area (Å²) in [6.45, 7) is 7.27. The zero-order valence-electron chi connectivity index (χ0n) is 13.3. The van der Waals surface area contributed by atoms with E-state index in [2.05, 4.69) is 10.3 Å². The zero-order valence-corrected chi connectivity index (χ0v) is 13.3. The van der Waals surface area contributed by atoms with Crippen LogP contribution in [0.1, 0.15) is 39.8 Å². The predicted octanol–water partition coefficient (Wildman–Crippen LogP) is 2.08. The van der Waals surface area contributed by atoms with E-state index in [1.54, 1.807) is 32.9 Å². The maximum absolute atomic E-state index is 11.6. The Hall–Kier alpha value is -2.15. The Morgan fingerprint density at radius 3 is 2.64 bits per heavy atom. The van der Waals surface area contributed by atoms with Crippen LogP contribution in [0.15, 0.2) is 18.3 Å². The van der Waals surface area contributed by atoms with Crippen LogP contribution < -0.4 is 10.1 Å². The van der Waals surface area contributed by atoms with Gasteiger partial charge in [0.25, 0.3) is 0 Å². The van der Waals surface area contributed by atoms with Crippen molar-refractivity contribution in [2.24, 2.45) is 0 Å². The summed E-state index contributed by atoms with van der Waals surface area (Å²) >= 11 is 0. The summed E-state index contributed by atoms with van der Waals surface area (Å²) in [6, 6.07) is 3.17. The van der Waals surface area contributed by atoms with Crippen LogP contribution in [0.25, 0.3) is 0 Å². The number of aliphatic hydroxyl groups excluding tert-OH is 1. The van der Waals surface area contributed by atoms with Crippen molar-refractivity contribution in [3.63, 3.8) is 0 Å². The highest BCUT2D eigenvalue weighted by Crippen LogP contribution is 2.11. The SMILES string of the molecule is CCC(O)COc1ccc(C(=N)NC(=O)OC(C)(C)C)nc1. The van der Waals surface area contributed by atoms with E-state index < -0.39 is 17.8 Å². The van der Waals surface area contributed by atoms with Crippen molar-refractivity contribution in [1.82, 2.24) is 10.3 Å². The Morgan fingerprint density at radius 1 is 1.45 bits per heavy atom. The molecule has 7 nitrogen and oxygen atoms in total. The molecule has 3 N–H and O–H groups in total. The molecule has 0 aliphatic heterocycles. The van der Waals surface area contributed by atoms with E-state index in [0.29, 0.717) is 12.2 Å². The van der Waals surface area contributed by atoms with Crippen molar-refractivity contribution in [3.8, 4) is 5.75 Å². The molecule has 0 fully saturated rings. The van der Waals surface area contributed by atoms with Crippen molar-refractivity contribution in [2.45, 2.75) is 45.8 Å². The van der Waals surface area contributed by atoms with Crippen LogP contribution in [0.3, 0.4) is 0 Å². The van der Waals surface area contributed by atoms with Crippen LogP contribution in [0.4, 0.5) is 4.79 Å². The molecule has 0 saturated carbocycles. The minimum absolute atomic E-state index is 0.158. The van der Waals surface area contributed by atoms with Gasteiger partial charge in [0.15, 0.2) is 5.84 Å². The molecule has 1 heterocycles. The quantitative estimate of drug-likeness (QED) is 0.570. The first-order valence-electron chi connectivity index (χ1n) is 7.07. The Labute approximate surface area is 130 Å². The monoisotopic (exact) mass is 309 g/mol. The van der Waals surface area contributed by atoms with Gasteiger partial charge in [-0.3, -0.25) is 10.7 Å². The summed E-state index contributed by atoms with van der Waals surface area (Å²) in [4.78, 5) is 15.6. The third-order valence-corrected chi connectivity index (χ3v) is 2.53. The number of amidine groups is 1. The molecule has 0 aliphatic rings. The minimum atomic E-state index is -0.703. The number of amides is 1. The highest BCUT2D eigenvalue weighted by atomic mass is 16.6. The summed E-state index contributed by atoms with van der Waals surface area (Å²) < 4.78 is 10.4. The lowest BCUT2D eigenvalue weighted by molar-refractivity contribution is 0.0563. The van der Waals surface area contributed by atoms with E-state index >= 15 is 0 Å². The lowest BCUT2D eigenvalue weighted by Crippen LogP contribution is -2.36. The van der Waals surface area contributed by atoms with Gasteiger partial charge < -0.3 is 14.6 Å². The number of hydrogen-bond donors (Lipinski definition) is 3. The minimum Gasteiger partial charge on any atom is -0.489 e. The molecule has 122 valence electrons. The molecule has 0 aliphatic carbocycles. The highest BCUT2D eigenvalue weighted by Gasteiger charge is 2.17. The fourth-order valence-electron chi connectivity index (χ4n) is 1.39. The van der Waals surface area contributed by atoms with Gasteiger partial charge in [0.1, 0.15) is 23.7 Å². The van der Waals surface area contributed by atoms with Crippen LogP contribution in [0.2, 0.25) is 0 Å². The van der Waals surface area contributed by atoms with Gasteiger partial charge in [-0.15, -0.1) is 0 Å². The number of hydrogen-bond acceptors (Lipinski definition) is 6. The van der Waals surface area contributed by atoms with E-state index in [9.17, 15) is 9.90 Å². The highest BCUT2D eigenvalue weighted by molar-refractivity contribution is 6.03. The first-order valence-corrected chi connectivity index (χ1v) is 7.07. The molecule has 0 radical (unpaired) electrons. The van der Waals surface area contributed by atoms with Gasteiger partial charge >= 0.3 is 6.09 Å². The van der Waals surface area contributed by atoms with Gasteiger partial charge in [0.05, 0.1) is 12.3 Å². The number of ether oxygens (including phenoxy) is 2. The number of aliphatic hydroxyl groups is 1. The zero-order chi connectivity index (χ0) is 16.8. The van der Waals surface area contributed by atoms with Gasteiger partial charge in [-0.05, 0) is 39.3 Å². The number of alkyl carbamates (subject to hydrolysis) is 1. The number of pyridine rings is 1. The summed E-state index contributed by atoms with van der Waals surface area (Å²) in [5.74, 6) is 0.329. The summed E-state index contributed by atoms with van der Waals surface area (Å²) in [7, 11) is 0. The molecule has 22 heavy (non-hydrogen) atoms. The molecule has 0 bridgehead atoms. The Balaban J connectivity index is 2.55. The fraction of sp³-hybridized carbons (Fsp3) is 0.533. The van der Waals surface area contributed by atoms with Gasteiger partial charge in [-0.2, -0.15) is 0 Å². The number of aromatic nitrogens is 1. The van der Waals surface area contributed by atoms with Crippen LogP contribution in [-0.4, -0.2) is 40.3 Å². The molecular formula is C15H23N3O4. The van der Waals surface area contributed by atoms with E-state index in [4.69, 9.17) is 14.9 Å². The third kappa shape index (κ3) is 6.53. The predicted molar refractivity (Wildman–Crippen MR) is 82.2 cm³/mol. The molecule has 0 spiro atoms. The molecule has 1 aromatic heterocycles. The average molecular weight is 309 g/mol. The van der Waals surface area contributed by atoms with Gasteiger partial charge in [-0.25, -0.2) is 9.78 Å². The Bertz CT molecular complexity index is 509. The van der Waals surface area contributed by atoms with E-state index in [-0.39, 0.29) is 18.1 Å². The second kappa shape index (κ2) is 7.74. The summed E-state index contributed by atoms with van der Waals surface area (Å²) in [6.07, 6.45) is 0.816. The Morgan fingerprint density at radius 2 is 2.14 bits per heavy atom. The first-order chi connectivity index (χ1) is 10.2. The van der Waals surface area contributed by atoms with Gasteiger partial charge in [0, 0.05) is 0 Å². The van der Waals surface area contributed by atoms with Crippen LogP contribution in [0.5, 0.6) is 5.75 Å². The normalized spacial score (nSPS) is 12.4. The van der Waals surface area contributed by atoms with Crippen LogP contribution in [-0.2, 0) is 4.74 Å². The number of nitrogens with zero attached hydrogens (tertiary/aromatic N) is 1. The third-order valence-electron chi connectivity index (χ3n) is 2.53. The lowest BCUT2D eigenvalue weighted by atomic mass is 10.2. The topological polar surface area (TPSA) is 105 Å². The smallest absolute Gasteiger partial charge is 0.413 e. The summed E-state index contributed by atoms with van der Waals surface area (Å²) in [5.41, 5.74) is -0.343. The molecule has 1 atom stereocenters.